The molecule has 1 saturated heterocycles. The largest absolute Gasteiger partial charge is 0.416 e. The highest BCUT2D eigenvalue weighted by atomic mass is 19.4. The van der Waals surface area contributed by atoms with Crippen LogP contribution in [0.25, 0.3) is 0 Å². The normalized spacial score (nSPS) is 28.9. The van der Waals surface area contributed by atoms with Crippen LogP contribution in [0.5, 0.6) is 0 Å². The van der Waals surface area contributed by atoms with E-state index < -0.39 is 18.4 Å². The van der Waals surface area contributed by atoms with E-state index in [9.17, 15) is 13.2 Å². The van der Waals surface area contributed by atoms with Gasteiger partial charge in [-0.25, -0.2) is 0 Å². The molecular weight excluding hydrogens is 161 g/mol. The van der Waals surface area contributed by atoms with Crippen LogP contribution in [0.15, 0.2) is 0 Å². The number of alkyl halides is 3. The van der Waals surface area contributed by atoms with Gasteiger partial charge in [-0.3, -0.25) is 0 Å². The Morgan fingerprint density at radius 1 is 1.45 bits per heavy atom. The van der Waals surface area contributed by atoms with Crippen LogP contribution in [-0.4, -0.2) is 30.1 Å². The summed E-state index contributed by atoms with van der Waals surface area (Å²) in [4.78, 5) is 0. The molecule has 0 aliphatic carbocycles. The van der Waals surface area contributed by atoms with Crippen LogP contribution in [0.2, 0.25) is 0 Å². The van der Waals surface area contributed by atoms with E-state index >= 15 is 0 Å². The number of hydrogen-bond acceptors (Lipinski definition) is 2. The van der Waals surface area contributed by atoms with Gasteiger partial charge in [0.25, 0.3) is 0 Å². The molecule has 1 heterocycles. The lowest BCUT2D eigenvalue weighted by molar-refractivity contribution is -0.230. The molecular formula is C6H9F3O2. The maximum atomic E-state index is 11.8. The van der Waals surface area contributed by atoms with Crippen molar-refractivity contribution in [1.82, 2.24) is 0 Å². The minimum atomic E-state index is -4.55. The molecule has 0 aromatic rings. The van der Waals surface area contributed by atoms with E-state index in [0.29, 0.717) is 19.4 Å². The van der Waals surface area contributed by atoms with Crippen molar-refractivity contribution in [2.75, 3.05) is 6.61 Å². The fraction of sp³-hybridized carbons (Fsp3) is 1.00. The molecule has 0 radical (unpaired) electrons. The third kappa shape index (κ3) is 2.07. The van der Waals surface area contributed by atoms with Crippen LogP contribution in [0, 0.1) is 0 Å². The number of rotatable bonds is 1. The summed E-state index contributed by atoms with van der Waals surface area (Å²) >= 11 is 0. The first kappa shape index (κ1) is 8.80. The number of hydrogen-bond donors (Lipinski definition) is 1. The van der Waals surface area contributed by atoms with Gasteiger partial charge in [0, 0.05) is 6.61 Å². The standard InChI is InChI=1S/C6H9F3O2/c7-6(8,9)5(10)4-2-1-3-11-4/h4-5,10H,1-3H2/t4?,5-/m1/s1. The molecule has 2 atom stereocenters. The zero-order chi connectivity index (χ0) is 8.48. The van der Waals surface area contributed by atoms with Gasteiger partial charge in [0.1, 0.15) is 0 Å². The van der Waals surface area contributed by atoms with Gasteiger partial charge in [0.15, 0.2) is 6.10 Å². The summed E-state index contributed by atoms with van der Waals surface area (Å²) in [7, 11) is 0. The average molecular weight is 170 g/mol. The molecule has 0 aromatic carbocycles. The second-order valence-corrected chi connectivity index (χ2v) is 2.54. The van der Waals surface area contributed by atoms with Crippen molar-refractivity contribution < 1.29 is 23.0 Å². The predicted octanol–water partition coefficient (Wildman–Crippen LogP) is 1.09. The molecule has 0 amide bonds. The third-order valence-electron chi connectivity index (χ3n) is 1.65. The van der Waals surface area contributed by atoms with Gasteiger partial charge < -0.3 is 9.84 Å². The van der Waals surface area contributed by atoms with Crippen molar-refractivity contribution in [2.45, 2.75) is 31.2 Å². The summed E-state index contributed by atoms with van der Waals surface area (Å²) in [6.07, 6.45) is -7.02. The van der Waals surface area contributed by atoms with E-state index in [1.54, 1.807) is 0 Å². The first-order chi connectivity index (χ1) is 5.02. The molecule has 2 nitrogen and oxygen atoms in total. The van der Waals surface area contributed by atoms with E-state index in [2.05, 4.69) is 4.74 Å². The van der Waals surface area contributed by atoms with Crippen molar-refractivity contribution in [1.29, 1.82) is 0 Å². The molecule has 1 N–H and O–H groups in total. The van der Waals surface area contributed by atoms with Gasteiger partial charge in [-0.1, -0.05) is 0 Å². The van der Waals surface area contributed by atoms with Gasteiger partial charge in [0.2, 0.25) is 0 Å². The van der Waals surface area contributed by atoms with Crippen molar-refractivity contribution >= 4 is 0 Å². The summed E-state index contributed by atoms with van der Waals surface area (Å²) in [5.41, 5.74) is 0. The maximum Gasteiger partial charge on any atom is 0.416 e. The minimum Gasteiger partial charge on any atom is -0.381 e. The van der Waals surface area contributed by atoms with Gasteiger partial charge in [0.05, 0.1) is 6.10 Å². The summed E-state index contributed by atoms with van der Waals surface area (Å²) in [6, 6.07) is 0. The maximum absolute atomic E-state index is 11.8. The number of ether oxygens (including phenoxy) is 1. The van der Waals surface area contributed by atoms with Crippen molar-refractivity contribution in [3.05, 3.63) is 0 Å². The zero-order valence-electron chi connectivity index (χ0n) is 5.77. The molecule has 66 valence electrons. The fourth-order valence-electron chi connectivity index (χ4n) is 1.06. The van der Waals surface area contributed by atoms with Gasteiger partial charge >= 0.3 is 6.18 Å². The molecule has 0 saturated carbocycles. The second kappa shape index (κ2) is 2.98. The minimum absolute atomic E-state index is 0.292. The number of aliphatic hydroxyl groups excluding tert-OH is 1. The van der Waals surface area contributed by atoms with Crippen molar-refractivity contribution in [2.24, 2.45) is 0 Å². The molecule has 0 bridgehead atoms. The molecule has 1 aliphatic heterocycles. The van der Waals surface area contributed by atoms with Gasteiger partial charge in [-0.15, -0.1) is 0 Å². The monoisotopic (exact) mass is 170 g/mol. The number of aliphatic hydroxyl groups is 1. The van der Waals surface area contributed by atoms with E-state index in [1.165, 1.54) is 0 Å². The van der Waals surface area contributed by atoms with Gasteiger partial charge in [-0.2, -0.15) is 13.2 Å². The Morgan fingerprint density at radius 3 is 2.45 bits per heavy atom. The quantitative estimate of drug-likeness (QED) is 0.638. The van der Waals surface area contributed by atoms with E-state index in [4.69, 9.17) is 5.11 Å². The molecule has 1 unspecified atom stereocenters. The smallest absolute Gasteiger partial charge is 0.381 e. The second-order valence-electron chi connectivity index (χ2n) is 2.54. The Morgan fingerprint density at radius 2 is 2.09 bits per heavy atom. The molecule has 1 fully saturated rings. The molecule has 1 rings (SSSR count). The van der Waals surface area contributed by atoms with Crippen LogP contribution < -0.4 is 0 Å². The molecule has 11 heavy (non-hydrogen) atoms. The van der Waals surface area contributed by atoms with E-state index in [1.807, 2.05) is 0 Å². The summed E-state index contributed by atoms with van der Waals surface area (Å²) < 4.78 is 40.0. The third-order valence-corrected chi connectivity index (χ3v) is 1.65. The van der Waals surface area contributed by atoms with Crippen molar-refractivity contribution in [3.8, 4) is 0 Å². The summed E-state index contributed by atoms with van der Waals surface area (Å²) in [5, 5.41) is 8.64. The molecule has 0 spiro atoms. The fourth-order valence-corrected chi connectivity index (χ4v) is 1.06. The van der Waals surface area contributed by atoms with Crippen LogP contribution in [0.3, 0.4) is 0 Å². The Hall–Kier alpha value is -0.290. The lowest BCUT2D eigenvalue weighted by atomic mass is 10.1. The van der Waals surface area contributed by atoms with Crippen LogP contribution in [0.4, 0.5) is 13.2 Å². The first-order valence-electron chi connectivity index (χ1n) is 3.38. The highest BCUT2D eigenvalue weighted by molar-refractivity contribution is 4.78. The highest BCUT2D eigenvalue weighted by Gasteiger charge is 2.45. The lowest BCUT2D eigenvalue weighted by Crippen LogP contribution is -2.39. The topological polar surface area (TPSA) is 29.5 Å². The lowest BCUT2D eigenvalue weighted by Gasteiger charge is -2.19. The summed E-state index contributed by atoms with van der Waals surface area (Å²) in [5.74, 6) is 0. The van der Waals surface area contributed by atoms with Crippen LogP contribution in [0.1, 0.15) is 12.8 Å². The molecule has 0 aromatic heterocycles. The Bertz CT molecular complexity index is 128. The Balaban J connectivity index is 2.46. The van der Waals surface area contributed by atoms with Crippen LogP contribution in [-0.2, 0) is 4.74 Å². The number of halogens is 3. The molecule has 1 aliphatic rings. The van der Waals surface area contributed by atoms with E-state index in [-0.39, 0.29) is 0 Å². The SMILES string of the molecule is O[C@H](C1CCCO1)C(F)(F)F. The Labute approximate surface area is 62.0 Å². The van der Waals surface area contributed by atoms with Crippen LogP contribution >= 0.6 is 0 Å². The average Bonchev–Trinajstić information content (AvgIpc) is 2.34. The first-order valence-corrected chi connectivity index (χ1v) is 3.38. The summed E-state index contributed by atoms with van der Waals surface area (Å²) in [6.45, 7) is 0.317. The van der Waals surface area contributed by atoms with E-state index in [0.717, 1.165) is 0 Å². The Kier molecular flexibility index (Phi) is 2.39. The van der Waals surface area contributed by atoms with Crippen molar-refractivity contribution in [3.63, 3.8) is 0 Å². The zero-order valence-corrected chi connectivity index (χ0v) is 5.77. The highest BCUT2D eigenvalue weighted by Crippen LogP contribution is 2.28. The molecule has 5 heteroatoms. The predicted molar refractivity (Wildman–Crippen MR) is 31.0 cm³/mol. The van der Waals surface area contributed by atoms with Gasteiger partial charge in [-0.05, 0) is 12.8 Å².